The van der Waals surface area contributed by atoms with E-state index < -0.39 is 0 Å². The quantitative estimate of drug-likeness (QED) is 0.369. The van der Waals surface area contributed by atoms with Crippen molar-refractivity contribution in [2.45, 2.75) is 13.3 Å². The molecule has 0 saturated heterocycles. The van der Waals surface area contributed by atoms with E-state index in [1.165, 1.54) is 13.2 Å². The fourth-order valence-electron chi connectivity index (χ4n) is 0.828. The molecule has 0 fully saturated rings. The summed E-state index contributed by atoms with van der Waals surface area (Å²) in [4.78, 5) is 10.8. The first kappa shape index (κ1) is 11.7. The fraction of sp³-hybridized carbons (Fsp3) is 0.364. The average Bonchev–Trinajstić information content (AvgIpc) is 2.17. The first-order valence-corrected chi connectivity index (χ1v) is 4.30. The topological polar surface area (TPSA) is 26.3 Å². The molecule has 0 bridgehead atoms. The van der Waals surface area contributed by atoms with E-state index in [1.807, 2.05) is 18.2 Å². The molecular weight excluding hydrogens is 164 g/mol. The number of hydrogen-bond acceptors (Lipinski definition) is 2. The van der Waals surface area contributed by atoms with Crippen molar-refractivity contribution in [3.63, 3.8) is 0 Å². The molecule has 1 unspecified atom stereocenters. The predicted molar refractivity (Wildman–Crippen MR) is 54.3 cm³/mol. The molecule has 0 aliphatic rings. The van der Waals surface area contributed by atoms with Gasteiger partial charge in [0, 0.05) is 6.08 Å². The summed E-state index contributed by atoms with van der Waals surface area (Å²) in [6.07, 6.45) is 9.81. The lowest BCUT2D eigenvalue weighted by molar-refractivity contribution is -0.134. The van der Waals surface area contributed by atoms with E-state index in [2.05, 4.69) is 18.2 Å². The molecule has 0 aliphatic heterocycles. The molecule has 0 saturated carbocycles. The van der Waals surface area contributed by atoms with Gasteiger partial charge in [-0.15, -0.1) is 0 Å². The Morgan fingerprint density at radius 1 is 1.54 bits per heavy atom. The summed E-state index contributed by atoms with van der Waals surface area (Å²) >= 11 is 0. The van der Waals surface area contributed by atoms with Crippen LogP contribution in [0.15, 0.2) is 37.0 Å². The Kier molecular flexibility index (Phi) is 6.60. The zero-order valence-corrected chi connectivity index (χ0v) is 8.19. The predicted octanol–water partition coefficient (Wildman–Crippen LogP) is 2.48. The van der Waals surface area contributed by atoms with Crippen molar-refractivity contribution in [3.8, 4) is 0 Å². The van der Waals surface area contributed by atoms with Crippen LogP contribution in [0.4, 0.5) is 0 Å². The minimum absolute atomic E-state index is 0.275. The molecule has 0 aromatic rings. The molecule has 0 aliphatic carbocycles. The maximum absolute atomic E-state index is 10.8. The normalized spacial score (nSPS) is 13.4. The van der Waals surface area contributed by atoms with Gasteiger partial charge < -0.3 is 4.74 Å². The van der Waals surface area contributed by atoms with Crippen LogP contribution in [0.25, 0.3) is 0 Å². The Morgan fingerprint density at radius 2 is 2.23 bits per heavy atom. The van der Waals surface area contributed by atoms with Crippen molar-refractivity contribution in [3.05, 3.63) is 37.0 Å². The molecule has 0 aromatic heterocycles. The summed E-state index contributed by atoms with van der Waals surface area (Å²) in [5, 5.41) is 0. The molecule has 0 N–H and O–H groups in total. The van der Waals surface area contributed by atoms with Gasteiger partial charge >= 0.3 is 5.97 Å². The van der Waals surface area contributed by atoms with Crippen LogP contribution in [0.1, 0.15) is 13.3 Å². The van der Waals surface area contributed by atoms with Crippen molar-refractivity contribution >= 4 is 5.97 Å². The summed E-state index contributed by atoms with van der Waals surface area (Å²) in [6, 6.07) is 0. The summed E-state index contributed by atoms with van der Waals surface area (Å²) in [5.74, 6) is -0.0393. The average molecular weight is 180 g/mol. The van der Waals surface area contributed by atoms with Crippen LogP contribution >= 0.6 is 0 Å². The fourth-order valence-corrected chi connectivity index (χ4v) is 0.828. The molecule has 0 heterocycles. The van der Waals surface area contributed by atoms with Gasteiger partial charge in [-0.3, -0.25) is 0 Å². The SMILES string of the molecule is C=C/C=C\C(/C=C/C(=O)OC)CC. The first-order chi connectivity index (χ1) is 6.24. The third-order valence-electron chi connectivity index (χ3n) is 1.65. The molecule has 0 aromatic carbocycles. The van der Waals surface area contributed by atoms with Crippen LogP contribution < -0.4 is 0 Å². The van der Waals surface area contributed by atoms with Gasteiger partial charge in [-0.1, -0.05) is 37.8 Å². The molecule has 0 rings (SSSR count). The standard InChI is InChI=1S/C11H16O2/c1-4-6-7-10(5-2)8-9-11(12)13-3/h4,6-10H,1,5H2,2-3H3/b7-6-,9-8+. The second-order valence-electron chi connectivity index (χ2n) is 2.57. The van der Waals surface area contributed by atoms with E-state index in [4.69, 9.17) is 0 Å². The summed E-state index contributed by atoms with van der Waals surface area (Å²) < 4.78 is 4.48. The largest absolute Gasteiger partial charge is 0.466 e. The van der Waals surface area contributed by atoms with E-state index >= 15 is 0 Å². The minimum atomic E-state index is -0.314. The maximum atomic E-state index is 10.8. The van der Waals surface area contributed by atoms with E-state index in [1.54, 1.807) is 6.08 Å². The lowest BCUT2D eigenvalue weighted by atomic mass is 10.1. The van der Waals surface area contributed by atoms with Crippen molar-refractivity contribution in [2.24, 2.45) is 5.92 Å². The summed E-state index contributed by atoms with van der Waals surface area (Å²) in [7, 11) is 1.37. The third kappa shape index (κ3) is 5.91. The van der Waals surface area contributed by atoms with Crippen molar-refractivity contribution in [2.75, 3.05) is 7.11 Å². The van der Waals surface area contributed by atoms with Crippen molar-refractivity contribution in [1.82, 2.24) is 0 Å². The Bertz CT molecular complexity index is 214. The molecule has 0 radical (unpaired) electrons. The number of carbonyl (C=O) groups is 1. The summed E-state index contributed by atoms with van der Waals surface area (Å²) in [6.45, 7) is 5.63. The van der Waals surface area contributed by atoms with Crippen molar-refractivity contribution in [1.29, 1.82) is 0 Å². The first-order valence-electron chi connectivity index (χ1n) is 4.30. The second-order valence-corrected chi connectivity index (χ2v) is 2.57. The van der Waals surface area contributed by atoms with Crippen LogP contribution in [0.3, 0.4) is 0 Å². The second kappa shape index (κ2) is 7.35. The Morgan fingerprint density at radius 3 is 2.69 bits per heavy atom. The van der Waals surface area contributed by atoms with Gasteiger partial charge in [-0.05, 0) is 12.3 Å². The van der Waals surface area contributed by atoms with E-state index in [-0.39, 0.29) is 11.9 Å². The number of allylic oxidation sites excluding steroid dienone is 4. The third-order valence-corrected chi connectivity index (χ3v) is 1.65. The highest BCUT2D eigenvalue weighted by molar-refractivity contribution is 5.81. The molecule has 0 amide bonds. The van der Waals surface area contributed by atoms with Gasteiger partial charge in [0.15, 0.2) is 0 Å². The summed E-state index contributed by atoms with van der Waals surface area (Å²) in [5.41, 5.74) is 0. The molecule has 72 valence electrons. The van der Waals surface area contributed by atoms with Gasteiger partial charge in [0.25, 0.3) is 0 Å². The highest BCUT2D eigenvalue weighted by atomic mass is 16.5. The van der Waals surface area contributed by atoms with Gasteiger partial charge in [0.2, 0.25) is 0 Å². The number of ether oxygens (including phenoxy) is 1. The molecule has 2 heteroatoms. The van der Waals surface area contributed by atoms with Crippen LogP contribution in [-0.2, 0) is 9.53 Å². The van der Waals surface area contributed by atoms with E-state index in [0.717, 1.165) is 6.42 Å². The smallest absolute Gasteiger partial charge is 0.330 e. The zero-order valence-electron chi connectivity index (χ0n) is 8.19. The molecule has 1 atom stereocenters. The molecule has 2 nitrogen and oxygen atoms in total. The van der Waals surface area contributed by atoms with Crippen LogP contribution in [0.5, 0.6) is 0 Å². The minimum Gasteiger partial charge on any atom is -0.466 e. The van der Waals surface area contributed by atoms with Crippen LogP contribution in [0, 0.1) is 5.92 Å². The van der Waals surface area contributed by atoms with Gasteiger partial charge in [0.05, 0.1) is 7.11 Å². The lowest BCUT2D eigenvalue weighted by Crippen LogP contribution is -1.96. The Balaban J connectivity index is 4.11. The number of hydrogen-bond donors (Lipinski definition) is 0. The number of rotatable bonds is 5. The van der Waals surface area contributed by atoms with E-state index in [9.17, 15) is 4.79 Å². The molecular formula is C11H16O2. The van der Waals surface area contributed by atoms with Crippen LogP contribution in [0.2, 0.25) is 0 Å². The zero-order chi connectivity index (χ0) is 10.1. The number of carbonyl (C=O) groups excluding carboxylic acids is 1. The van der Waals surface area contributed by atoms with Gasteiger partial charge in [-0.25, -0.2) is 4.79 Å². The number of esters is 1. The van der Waals surface area contributed by atoms with Gasteiger partial charge in [0.1, 0.15) is 0 Å². The van der Waals surface area contributed by atoms with Crippen molar-refractivity contribution < 1.29 is 9.53 Å². The van der Waals surface area contributed by atoms with Gasteiger partial charge in [-0.2, -0.15) is 0 Å². The molecule has 0 spiro atoms. The highest BCUT2D eigenvalue weighted by Crippen LogP contribution is 2.06. The monoisotopic (exact) mass is 180 g/mol. The lowest BCUT2D eigenvalue weighted by Gasteiger charge is -2.01. The Hall–Kier alpha value is -1.31. The number of methoxy groups -OCH3 is 1. The Labute approximate surface area is 79.6 Å². The van der Waals surface area contributed by atoms with E-state index in [0.29, 0.717) is 0 Å². The maximum Gasteiger partial charge on any atom is 0.330 e. The highest BCUT2D eigenvalue weighted by Gasteiger charge is 1.97. The van der Waals surface area contributed by atoms with Crippen LogP contribution in [-0.4, -0.2) is 13.1 Å². The molecule has 13 heavy (non-hydrogen) atoms.